The number of nitrogens with zero attached hydrogens (tertiary/aromatic N) is 2. The Kier molecular flexibility index (Phi) is 4.80. The van der Waals surface area contributed by atoms with Gasteiger partial charge in [-0.2, -0.15) is 5.10 Å². The number of carbonyl (C=O) groups is 1. The highest BCUT2D eigenvalue weighted by Crippen LogP contribution is 2.32. The summed E-state index contributed by atoms with van der Waals surface area (Å²) in [5.41, 5.74) is 3.74. The zero-order valence-electron chi connectivity index (χ0n) is 14.3. The second-order valence-corrected chi connectivity index (χ2v) is 8.63. The van der Waals surface area contributed by atoms with E-state index in [-0.39, 0.29) is 5.56 Å². The number of amides is 1. The van der Waals surface area contributed by atoms with E-state index in [1.807, 2.05) is 31.2 Å². The van der Waals surface area contributed by atoms with E-state index in [2.05, 4.69) is 10.4 Å². The van der Waals surface area contributed by atoms with Crippen LogP contribution in [-0.4, -0.2) is 19.9 Å². The minimum atomic E-state index is -1.01. The first-order chi connectivity index (χ1) is 12.9. The highest BCUT2D eigenvalue weighted by Gasteiger charge is 2.28. The van der Waals surface area contributed by atoms with E-state index in [0.717, 1.165) is 22.5 Å². The Morgan fingerprint density at radius 1 is 1.15 bits per heavy atom. The molecule has 5 nitrogen and oxygen atoms in total. The minimum Gasteiger partial charge on any atom is -0.306 e. The fraction of sp³-hybridized carbons (Fsp3) is 0.158. The third kappa shape index (κ3) is 3.52. The molecule has 27 heavy (non-hydrogen) atoms. The molecular formula is C19H15Cl2N3O2S. The van der Waals surface area contributed by atoms with Gasteiger partial charge in [-0.3, -0.25) is 9.00 Å². The lowest BCUT2D eigenvalue weighted by molar-refractivity contribution is 0.102. The minimum absolute atomic E-state index is 0.272. The van der Waals surface area contributed by atoms with Crippen LogP contribution in [0.2, 0.25) is 10.0 Å². The number of anilines is 1. The second-order valence-electron chi connectivity index (χ2n) is 6.33. The first kappa shape index (κ1) is 18.2. The quantitative estimate of drug-likeness (QED) is 0.679. The molecule has 0 fully saturated rings. The van der Waals surface area contributed by atoms with Crippen LogP contribution < -0.4 is 5.32 Å². The molecule has 0 saturated carbocycles. The number of carbonyl (C=O) groups excluding carboxylic acids is 1. The topological polar surface area (TPSA) is 64.0 Å². The van der Waals surface area contributed by atoms with E-state index >= 15 is 0 Å². The number of halogens is 2. The Morgan fingerprint density at radius 3 is 2.63 bits per heavy atom. The Balaban J connectivity index is 1.77. The highest BCUT2D eigenvalue weighted by atomic mass is 35.5. The average Bonchev–Trinajstić information content (AvgIpc) is 3.15. The van der Waals surface area contributed by atoms with E-state index in [4.69, 9.17) is 23.2 Å². The Hall–Kier alpha value is -2.15. The van der Waals surface area contributed by atoms with Gasteiger partial charge in [0.15, 0.2) is 0 Å². The molecule has 0 spiro atoms. The third-order valence-electron chi connectivity index (χ3n) is 4.35. The Morgan fingerprint density at radius 2 is 1.89 bits per heavy atom. The van der Waals surface area contributed by atoms with Gasteiger partial charge in [0.1, 0.15) is 5.82 Å². The van der Waals surface area contributed by atoms with Crippen molar-refractivity contribution in [3.05, 3.63) is 74.9 Å². The molecule has 1 aliphatic rings. The van der Waals surface area contributed by atoms with Crippen LogP contribution in [0.25, 0.3) is 5.69 Å². The molecule has 138 valence electrons. The maximum absolute atomic E-state index is 12.8. The molecule has 0 saturated heterocycles. The van der Waals surface area contributed by atoms with Crippen molar-refractivity contribution < 1.29 is 9.00 Å². The Bertz CT molecular complexity index is 1080. The SMILES string of the molecule is Cc1ccc(-n2nc3c(c2NC(=O)c2cc(Cl)ccc2Cl)CS(=O)C3)cc1. The summed E-state index contributed by atoms with van der Waals surface area (Å²) in [6.45, 7) is 2.00. The van der Waals surface area contributed by atoms with Crippen LogP contribution in [0.5, 0.6) is 0 Å². The number of hydrogen-bond donors (Lipinski definition) is 1. The number of aromatic nitrogens is 2. The van der Waals surface area contributed by atoms with Crippen molar-refractivity contribution in [3.63, 3.8) is 0 Å². The molecular weight excluding hydrogens is 405 g/mol. The van der Waals surface area contributed by atoms with E-state index in [1.54, 1.807) is 16.8 Å². The fourth-order valence-corrected chi connectivity index (χ4v) is 4.62. The molecule has 1 N–H and O–H groups in total. The van der Waals surface area contributed by atoms with Gasteiger partial charge in [-0.15, -0.1) is 0 Å². The zero-order valence-corrected chi connectivity index (χ0v) is 16.7. The number of nitrogens with one attached hydrogen (secondary N) is 1. The third-order valence-corrected chi connectivity index (χ3v) is 6.12. The number of hydrogen-bond acceptors (Lipinski definition) is 3. The predicted octanol–water partition coefficient (Wildman–Crippen LogP) is 4.50. The summed E-state index contributed by atoms with van der Waals surface area (Å²) in [5.74, 6) is 0.867. The molecule has 2 aromatic carbocycles. The van der Waals surface area contributed by atoms with Crippen molar-refractivity contribution in [3.8, 4) is 5.69 Å². The van der Waals surface area contributed by atoms with Crippen molar-refractivity contribution in [2.75, 3.05) is 5.32 Å². The van der Waals surface area contributed by atoms with Gasteiger partial charge in [-0.05, 0) is 37.3 Å². The van der Waals surface area contributed by atoms with E-state index in [0.29, 0.717) is 27.4 Å². The fourth-order valence-electron chi connectivity index (χ4n) is 2.98. The molecule has 3 aromatic rings. The Labute approximate surface area is 168 Å². The van der Waals surface area contributed by atoms with Crippen molar-refractivity contribution in [1.82, 2.24) is 9.78 Å². The molecule has 1 aliphatic heterocycles. The monoisotopic (exact) mass is 419 g/mol. The maximum atomic E-state index is 12.8. The lowest BCUT2D eigenvalue weighted by atomic mass is 10.2. The highest BCUT2D eigenvalue weighted by molar-refractivity contribution is 7.83. The maximum Gasteiger partial charge on any atom is 0.258 e. The number of benzene rings is 2. The van der Waals surface area contributed by atoms with Gasteiger partial charge in [0.2, 0.25) is 0 Å². The smallest absolute Gasteiger partial charge is 0.258 e. The van der Waals surface area contributed by atoms with Crippen LogP contribution in [0.15, 0.2) is 42.5 Å². The van der Waals surface area contributed by atoms with Crippen molar-refractivity contribution in [2.45, 2.75) is 18.4 Å². The van der Waals surface area contributed by atoms with E-state index in [9.17, 15) is 9.00 Å². The molecule has 1 atom stereocenters. The van der Waals surface area contributed by atoms with Gasteiger partial charge in [0, 0.05) is 21.4 Å². The van der Waals surface area contributed by atoms with Crippen LogP contribution in [-0.2, 0) is 22.3 Å². The average molecular weight is 420 g/mol. The number of rotatable bonds is 3. The normalized spacial score (nSPS) is 15.6. The molecule has 4 rings (SSSR count). The van der Waals surface area contributed by atoms with Crippen LogP contribution in [0.4, 0.5) is 5.82 Å². The van der Waals surface area contributed by atoms with Gasteiger partial charge >= 0.3 is 0 Å². The van der Waals surface area contributed by atoms with Gasteiger partial charge in [-0.1, -0.05) is 40.9 Å². The molecule has 1 aromatic heterocycles. The molecule has 8 heteroatoms. The molecule has 1 unspecified atom stereocenters. The molecule has 2 heterocycles. The van der Waals surface area contributed by atoms with Crippen molar-refractivity contribution in [2.24, 2.45) is 0 Å². The zero-order chi connectivity index (χ0) is 19.1. The van der Waals surface area contributed by atoms with E-state index in [1.165, 1.54) is 6.07 Å². The summed E-state index contributed by atoms with van der Waals surface area (Å²) in [7, 11) is -1.01. The van der Waals surface area contributed by atoms with Gasteiger partial charge in [0.25, 0.3) is 5.91 Å². The number of fused-ring (bicyclic) bond motifs is 1. The van der Waals surface area contributed by atoms with Crippen LogP contribution >= 0.6 is 23.2 Å². The number of aryl methyl sites for hydroxylation is 1. The summed E-state index contributed by atoms with van der Waals surface area (Å²) in [6.07, 6.45) is 0. The van der Waals surface area contributed by atoms with E-state index < -0.39 is 16.7 Å². The van der Waals surface area contributed by atoms with Crippen LogP contribution in [0.3, 0.4) is 0 Å². The summed E-state index contributed by atoms with van der Waals surface area (Å²) >= 11 is 12.2. The summed E-state index contributed by atoms with van der Waals surface area (Å²) in [4.78, 5) is 12.8. The standard InChI is InChI=1S/C19H15Cl2N3O2S/c1-11-2-5-13(6-3-11)24-18(15-9-27(26)10-17(15)23-24)22-19(25)14-8-12(20)4-7-16(14)21/h2-8H,9-10H2,1H3,(H,22,25). The van der Waals surface area contributed by atoms with Crippen LogP contribution in [0.1, 0.15) is 27.2 Å². The molecule has 1 amide bonds. The first-order valence-corrected chi connectivity index (χ1v) is 10.5. The molecule has 0 radical (unpaired) electrons. The van der Waals surface area contributed by atoms with Crippen molar-refractivity contribution >= 4 is 45.7 Å². The summed E-state index contributed by atoms with van der Waals surface area (Å²) in [6, 6.07) is 12.5. The second kappa shape index (κ2) is 7.11. The lowest BCUT2D eigenvalue weighted by Crippen LogP contribution is -2.17. The predicted molar refractivity (Wildman–Crippen MR) is 108 cm³/mol. The molecule has 0 bridgehead atoms. The van der Waals surface area contributed by atoms with Gasteiger partial charge in [-0.25, -0.2) is 4.68 Å². The van der Waals surface area contributed by atoms with Gasteiger partial charge in [0.05, 0.1) is 33.5 Å². The summed E-state index contributed by atoms with van der Waals surface area (Å²) in [5, 5.41) is 8.19. The van der Waals surface area contributed by atoms with Crippen LogP contribution in [0, 0.1) is 6.92 Å². The summed E-state index contributed by atoms with van der Waals surface area (Å²) < 4.78 is 13.6. The van der Waals surface area contributed by atoms with Gasteiger partial charge < -0.3 is 5.32 Å². The lowest BCUT2D eigenvalue weighted by Gasteiger charge is -2.12. The largest absolute Gasteiger partial charge is 0.306 e. The van der Waals surface area contributed by atoms with Crippen molar-refractivity contribution in [1.29, 1.82) is 0 Å². The molecule has 0 aliphatic carbocycles. The first-order valence-electron chi connectivity index (χ1n) is 8.21.